The molecule has 1 aliphatic rings. The maximum Gasteiger partial charge on any atom is 0.445 e. The highest BCUT2D eigenvalue weighted by molar-refractivity contribution is 7.15. The Balaban J connectivity index is 1.97. The Morgan fingerprint density at radius 1 is 1.00 bits per heavy atom. The number of nitrogens with zero attached hydrogens (tertiary/aromatic N) is 4. The number of hydrogen-bond acceptors (Lipinski definition) is 5. The van der Waals surface area contributed by atoms with Gasteiger partial charge in [0.2, 0.25) is 10.1 Å². The predicted molar refractivity (Wildman–Crippen MR) is 64.2 cm³/mol. The van der Waals surface area contributed by atoms with E-state index in [0.29, 0.717) is 11.3 Å². The summed E-state index contributed by atoms with van der Waals surface area (Å²) in [6, 6.07) is -1.57. The Kier molecular flexibility index (Phi) is 4.34. The summed E-state index contributed by atoms with van der Waals surface area (Å²) in [7, 11) is 0. The summed E-state index contributed by atoms with van der Waals surface area (Å²) >= 11 is 0.399. The van der Waals surface area contributed by atoms with Gasteiger partial charge >= 0.3 is 12.4 Å². The molecule has 0 N–H and O–H groups in total. The molecule has 2 rings (SSSR count). The molecule has 120 valence electrons. The fourth-order valence-corrected chi connectivity index (χ4v) is 2.73. The van der Waals surface area contributed by atoms with E-state index in [1.165, 1.54) is 9.80 Å². The zero-order valence-electron chi connectivity index (χ0n) is 10.9. The second-order valence-corrected chi connectivity index (χ2v) is 5.58. The number of halogens is 6. The van der Waals surface area contributed by atoms with Crippen molar-refractivity contribution < 1.29 is 26.3 Å². The summed E-state index contributed by atoms with van der Waals surface area (Å²) in [5.41, 5.74) is 0. The van der Waals surface area contributed by atoms with Gasteiger partial charge in [-0.05, 0) is 6.92 Å². The van der Waals surface area contributed by atoms with Gasteiger partial charge < -0.3 is 4.90 Å². The van der Waals surface area contributed by atoms with Crippen molar-refractivity contribution in [2.24, 2.45) is 0 Å². The highest BCUT2D eigenvalue weighted by atomic mass is 32.1. The molecule has 1 atom stereocenters. The Labute approximate surface area is 120 Å². The highest BCUT2D eigenvalue weighted by Gasteiger charge is 2.41. The van der Waals surface area contributed by atoms with Gasteiger partial charge in [0.25, 0.3) is 0 Å². The van der Waals surface area contributed by atoms with Crippen LogP contribution in [0.4, 0.5) is 31.5 Å². The van der Waals surface area contributed by atoms with Crippen molar-refractivity contribution in [3.05, 3.63) is 5.01 Å². The fraction of sp³-hybridized carbons (Fsp3) is 0.800. The number of anilines is 1. The molecule has 1 fully saturated rings. The standard InChI is InChI=1S/C10H12F6N4S/c1-6(9(11,12)13)19-2-4-20(5-3-19)8-18-17-7(21-8)10(14,15)16/h6H,2-5H2,1H3. The first-order valence-electron chi connectivity index (χ1n) is 6.05. The third-order valence-electron chi connectivity index (χ3n) is 3.26. The summed E-state index contributed by atoms with van der Waals surface area (Å²) in [4.78, 5) is 2.77. The van der Waals surface area contributed by atoms with Crippen molar-refractivity contribution in [2.75, 3.05) is 31.1 Å². The monoisotopic (exact) mass is 334 g/mol. The summed E-state index contributed by atoms with van der Waals surface area (Å²) in [5.74, 6) is 0. The molecule has 0 amide bonds. The number of hydrogen-bond donors (Lipinski definition) is 0. The normalized spacial score (nSPS) is 19.9. The van der Waals surface area contributed by atoms with Crippen LogP contribution in [0.25, 0.3) is 0 Å². The molecular weight excluding hydrogens is 322 g/mol. The van der Waals surface area contributed by atoms with Crippen LogP contribution < -0.4 is 4.90 Å². The number of piperazine rings is 1. The van der Waals surface area contributed by atoms with E-state index in [1.807, 2.05) is 0 Å². The largest absolute Gasteiger partial charge is 0.445 e. The average Bonchev–Trinajstić information content (AvgIpc) is 2.86. The minimum absolute atomic E-state index is 0.0848. The smallest absolute Gasteiger partial charge is 0.344 e. The lowest BCUT2D eigenvalue weighted by Gasteiger charge is -2.38. The number of aromatic nitrogens is 2. The van der Waals surface area contributed by atoms with Crippen LogP contribution in [0.5, 0.6) is 0 Å². The second kappa shape index (κ2) is 5.59. The number of rotatable bonds is 2. The third-order valence-corrected chi connectivity index (χ3v) is 4.29. The molecule has 0 aromatic carbocycles. The maximum absolute atomic E-state index is 12.6. The topological polar surface area (TPSA) is 32.3 Å². The van der Waals surface area contributed by atoms with Crippen LogP contribution in [0.2, 0.25) is 0 Å². The molecule has 1 unspecified atom stereocenters. The Morgan fingerprint density at radius 2 is 1.57 bits per heavy atom. The summed E-state index contributed by atoms with van der Waals surface area (Å²) < 4.78 is 75.0. The molecule has 1 saturated heterocycles. The van der Waals surface area contributed by atoms with Crippen LogP contribution in [-0.2, 0) is 6.18 Å². The van der Waals surface area contributed by atoms with Crippen molar-refractivity contribution in [1.29, 1.82) is 0 Å². The molecule has 0 saturated carbocycles. The first kappa shape index (κ1) is 16.3. The van der Waals surface area contributed by atoms with E-state index in [-0.39, 0.29) is 31.3 Å². The van der Waals surface area contributed by atoms with E-state index < -0.39 is 23.4 Å². The molecule has 0 aliphatic carbocycles. The molecular formula is C10H12F6N4S. The van der Waals surface area contributed by atoms with E-state index in [0.717, 1.165) is 6.92 Å². The predicted octanol–water partition coefficient (Wildman–Crippen LogP) is 2.63. The zero-order chi connectivity index (χ0) is 15.8. The van der Waals surface area contributed by atoms with Crippen LogP contribution in [0, 0.1) is 0 Å². The first-order valence-corrected chi connectivity index (χ1v) is 6.87. The van der Waals surface area contributed by atoms with Gasteiger partial charge in [-0.15, -0.1) is 10.2 Å². The van der Waals surface area contributed by atoms with Gasteiger partial charge in [-0.3, -0.25) is 4.90 Å². The molecule has 0 bridgehead atoms. The molecule has 11 heteroatoms. The average molecular weight is 334 g/mol. The van der Waals surface area contributed by atoms with Crippen LogP contribution >= 0.6 is 11.3 Å². The zero-order valence-corrected chi connectivity index (χ0v) is 11.7. The highest BCUT2D eigenvalue weighted by Crippen LogP contribution is 2.34. The summed E-state index contributed by atoms with van der Waals surface area (Å²) in [6.45, 7) is 1.67. The van der Waals surface area contributed by atoms with Crippen molar-refractivity contribution in [1.82, 2.24) is 15.1 Å². The molecule has 4 nitrogen and oxygen atoms in total. The molecule has 21 heavy (non-hydrogen) atoms. The Morgan fingerprint density at radius 3 is 2.00 bits per heavy atom. The Bertz CT molecular complexity index is 477. The lowest BCUT2D eigenvalue weighted by atomic mass is 10.2. The molecule has 1 aromatic heterocycles. The van der Waals surface area contributed by atoms with Gasteiger partial charge in [-0.25, -0.2) is 0 Å². The minimum atomic E-state index is -4.55. The van der Waals surface area contributed by atoms with E-state index in [4.69, 9.17) is 0 Å². The van der Waals surface area contributed by atoms with Crippen LogP contribution in [0.15, 0.2) is 0 Å². The fourth-order valence-electron chi connectivity index (χ4n) is 1.97. The lowest BCUT2D eigenvalue weighted by molar-refractivity contribution is -0.179. The van der Waals surface area contributed by atoms with E-state index in [2.05, 4.69) is 10.2 Å². The van der Waals surface area contributed by atoms with E-state index in [9.17, 15) is 26.3 Å². The van der Waals surface area contributed by atoms with E-state index >= 15 is 0 Å². The van der Waals surface area contributed by atoms with Gasteiger partial charge in [-0.1, -0.05) is 11.3 Å². The SMILES string of the molecule is CC(N1CCN(c2nnc(C(F)(F)F)s2)CC1)C(F)(F)F. The minimum Gasteiger partial charge on any atom is -0.344 e. The lowest BCUT2D eigenvalue weighted by Crippen LogP contribution is -2.53. The quantitative estimate of drug-likeness (QED) is 0.779. The maximum atomic E-state index is 12.6. The van der Waals surface area contributed by atoms with Gasteiger partial charge in [0.1, 0.15) is 6.04 Å². The molecule has 2 heterocycles. The van der Waals surface area contributed by atoms with Crippen LogP contribution in [0.1, 0.15) is 11.9 Å². The van der Waals surface area contributed by atoms with Crippen LogP contribution in [-0.4, -0.2) is 53.5 Å². The van der Waals surface area contributed by atoms with Gasteiger partial charge in [0, 0.05) is 26.2 Å². The van der Waals surface area contributed by atoms with Crippen LogP contribution in [0.3, 0.4) is 0 Å². The van der Waals surface area contributed by atoms with Crippen molar-refractivity contribution in [3.63, 3.8) is 0 Å². The van der Waals surface area contributed by atoms with Gasteiger partial charge in [0.15, 0.2) is 0 Å². The van der Waals surface area contributed by atoms with Crippen molar-refractivity contribution in [2.45, 2.75) is 25.3 Å². The first-order chi connectivity index (χ1) is 9.59. The molecule has 0 radical (unpaired) electrons. The summed E-state index contributed by atoms with van der Waals surface area (Å²) in [6.07, 6.45) is -8.86. The van der Waals surface area contributed by atoms with Gasteiger partial charge in [0.05, 0.1) is 0 Å². The Hall–Kier alpha value is -1.10. The third kappa shape index (κ3) is 3.76. The molecule has 0 spiro atoms. The number of alkyl halides is 6. The second-order valence-electron chi connectivity index (χ2n) is 4.63. The van der Waals surface area contributed by atoms with Crippen molar-refractivity contribution >= 4 is 16.5 Å². The molecule has 1 aliphatic heterocycles. The van der Waals surface area contributed by atoms with Crippen molar-refractivity contribution in [3.8, 4) is 0 Å². The van der Waals surface area contributed by atoms with E-state index in [1.54, 1.807) is 0 Å². The summed E-state index contributed by atoms with van der Waals surface area (Å²) in [5, 5.41) is 5.56. The molecule has 1 aromatic rings. The van der Waals surface area contributed by atoms with Gasteiger partial charge in [-0.2, -0.15) is 26.3 Å².